The highest BCUT2D eigenvalue weighted by atomic mass is 32.2. The topological polar surface area (TPSA) is 107 Å². The molecule has 3 rings (SSSR count). The monoisotopic (exact) mass is 438 g/mol. The highest BCUT2D eigenvalue weighted by molar-refractivity contribution is 7.89. The molecule has 3 atom stereocenters. The van der Waals surface area contributed by atoms with Crippen LogP contribution in [0.25, 0.3) is 0 Å². The van der Waals surface area contributed by atoms with Gasteiger partial charge in [0.15, 0.2) is 0 Å². The van der Waals surface area contributed by atoms with Gasteiger partial charge in [-0.2, -0.15) is 4.31 Å². The summed E-state index contributed by atoms with van der Waals surface area (Å²) in [4.78, 5) is 24.1. The van der Waals surface area contributed by atoms with E-state index >= 15 is 0 Å². The van der Waals surface area contributed by atoms with Gasteiger partial charge < -0.3 is 4.74 Å². The number of carbonyl (C=O) groups excluding carboxylic acids is 1. The van der Waals surface area contributed by atoms with E-state index in [-0.39, 0.29) is 24.5 Å². The van der Waals surface area contributed by atoms with Gasteiger partial charge in [-0.15, -0.1) is 11.3 Å². The second-order valence-electron chi connectivity index (χ2n) is 6.89. The average Bonchev–Trinajstić information content (AvgIpc) is 3.29. The van der Waals surface area contributed by atoms with Gasteiger partial charge in [-0.05, 0) is 37.4 Å². The van der Waals surface area contributed by atoms with Crippen molar-refractivity contribution in [2.75, 3.05) is 13.2 Å². The van der Waals surface area contributed by atoms with Crippen LogP contribution in [0.2, 0.25) is 0 Å². The Balaban J connectivity index is 2.04. The Bertz CT molecular complexity index is 973. The van der Waals surface area contributed by atoms with Gasteiger partial charge in [-0.25, -0.2) is 8.42 Å². The summed E-state index contributed by atoms with van der Waals surface area (Å²) in [6.45, 7) is 3.54. The third-order valence-corrected chi connectivity index (χ3v) is 7.78. The van der Waals surface area contributed by atoms with E-state index in [0.29, 0.717) is 4.88 Å². The number of carbonyl (C=O) groups is 1. The molecule has 1 aliphatic rings. The molecule has 8 nitrogen and oxygen atoms in total. The molecule has 10 heteroatoms. The van der Waals surface area contributed by atoms with Crippen molar-refractivity contribution in [1.29, 1.82) is 0 Å². The lowest BCUT2D eigenvalue weighted by atomic mass is 9.95. The third kappa shape index (κ3) is 4.34. The van der Waals surface area contributed by atoms with Crippen LogP contribution < -0.4 is 0 Å². The van der Waals surface area contributed by atoms with Crippen molar-refractivity contribution in [2.24, 2.45) is 5.92 Å². The van der Waals surface area contributed by atoms with Gasteiger partial charge in [0, 0.05) is 16.3 Å². The molecule has 1 aromatic carbocycles. The van der Waals surface area contributed by atoms with Crippen LogP contribution >= 0.6 is 11.3 Å². The number of benzene rings is 1. The molecular formula is C19H22N2O6S2. The van der Waals surface area contributed by atoms with E-state index in [4.69, 9.17) is 4.74 Å². The number of hydrogen-bond donors (Lipinski definition) is 0. The molecular weight excluding hydrogens is 416 g/mol. The van der Waals surface area contributed by atoms with Crippen molar-refractivity contribution in [3.63, 3.8) is 0 Å². The zero-order valence-corrected chi connectivity index (χ0v) is 17.7. The maximum atomic E-state index is 13.4. The molecule has 156 valence electrons. The molecule has 0 unspecified atom stereocenters. The summed E-state index contributed by atoms with van der Waals surface area (Å²) < 4.78 is 32.9. The first kappa shape index (κ1) is 21.4. The Morgan fingerprint density at radius 3 is 2.55 bits per heavy atom. The third-order valence-electron chi connectivity index (χ3n) is 4.97. The molecule has 0 N–H and O–H groups in total. The molecule has 0 amide bonds. The molecule has 29 heavy (non-hydrogen) atoms. The van der Waals surface area contributed by atoms with Gasteiger partial charge in [-0.3, -0.25) is 14.9 Å². The van der Waals surface area contributed by atoms with Crippen molar-refractivity contribution >= 4 is 27.3 Å². The summed E-state index contributed by atoms with van der Waals surface area (Å²) in [6, 6.07) is 7.57. The second kappa shape index (κ2) is 8.60. The summed E-state index contributed by atoms with van der Waals surface area (Å²) in [7, 11) is -3.99. The molecule has 1 aliphatic heterocycles. The predicted molar refractivity (Wildman–Crippen MR) is 108 cm³/mol. The molecule has 0 aliphatic carbocycles. The number of sulfonamides is 1. The second-order valence-corrected chi connectivity index (χ2v) is 9.76. The van der Waals surface area contributed by atoms with Crippen LogP contribution in [0.5, 0.6) is 0 Å². The lowest BCUT2D eigenvalue weighted by molar-refractivity contribution is -0.532. The number of esters is 1. The van der Waals surface area contributed by atoms with E-state index in [2.05, 4.69) is 0 Å². The lowest BCUT2D eigenvalue weighted by Gasteiger charge is -2.23. The average molecular weight is 439 g/mol. The first-order valence-corrected chi connectivity index (χ1v) is 11.5. The molecule has 1 saturated heterocycles. The van der Waals surface area contributed by atoms with Gasteiger partial charge in [0.05, 0.1) is 23.8 Å². The summed E-state index contributed by atoms with van der Waals surface area (Å²) in [5.41, 5.74) is 0.906. The minimum Gasteiger partial charge on any atom is -0.466 e. The van der Waals surface area contributed by atoms with Gasteiger partial charge >= 0.3 is 5.97 Å². The fourth-order valence-corrected chi connectivity index (χ4v) is 6.27. The Kier molecular flexibility index (Phi) is 6.35. The number of thiophene rings is 1. The van der Waals surface area contributed by atoms with Gasteiger partial charge in [0.25, 0.3) is 0 Å². The molecule has 2 heterocycles. The minimum absolute atomic E-state index is 0.0727. The van der Waals surface area contributed by atoms with Crippen LogP contribution in [0, 0.1) is 23.0 Å². The lowest BCUT2D eigenvalue weighted by Crippen LogP contribution is -2.35. The Morgan fingerprint density at radius 1 is 1.31 bits per heavy atom. The van der Waals surface area contributed by atoms with E-state index in [9.17, 15) is 23.3 Å². The van der Waals surface area contributed by atoms with Crippen LogP contribution in [0.15, 0.2) is 46.7 Å². The number of hydrogen-bond acceptors (Lipinski definition) is 7. The van der Waals surface area contributed by atoms with E-state index in [1.165, 1.54) is 27.8 Å². The standard InChI is InChI=1S/C19H22N2O6S2/c1-3-27-17(22)11-14-12-20(29(25,26)15-8-6-13(2)7-9-15)19(18(14)21(23)24)16-5-4-10-28-16/h4-10,14,18-19H,3,11-12H2,1-2H3/t14-,18+,19-/m1/s1. The zero-order chi connectivity index (χ0) is 21.2. The van der Waals surface area contributed by atoms with Gasteiger partial charge in [0.2, 0.25) is 16.1 Å². The summed E-state index contributed by atoms with van der Waals surface area (Å²) in [5, 5.41) is 13.7. The smallest absolute Gasteiger partial charge is 0.306 e. The van der Waals surface area contributed by atoms with E-state index in [1.54, 1.807) is 36.6 Å². The molecule has 1 fully saturated rings. The van der Waals surface area contributed by atoms with Crippen molar-refractivity contribution in [2.45, 2.75) is 37.2 Å². The zero-order valence-electron chi connectivity index (χ0n) is 16.1. The summed E-state index contributed by atoms with van der Waals surface area (Å²) in [5.74, 6) is -1.35. The van der Waals surface area contributed by atoms with Crippen molar-refractivity contribution in [3.8, 4) is 0 Å². The largest absolute Gasteiger partial charge is 0.466 e. The SMILES string of the molecule is CCOC(=O)C[C@@H]1CN(S(=O)(=O)c2ccc(C)cc2)[C@H](c2cccs2)[C@H]1[N+](=O)[O-]. The number of nitro groups is 1. The Labute approximate surface area is 173 Å². The van der Waals surface area contributed by atoms with E-state index in [0.717, 1.165) is 5.56 Å². The van der Waals surface area contributed by atoms with E-state index < -0.39 is 38.9 Å². The minimum atomic E-state index is -3.99. The van der Waals surface area contributed by atoms with Crippen molar-refractivity contribution in [1.82, 2.24) is 4.31 Å². The van der Waals surface area contributed by atoms with E-state index in [1.807, 2.05) is 6.92 Å². The normalized spacial score (nSPS) is 22.5. The first-order chi connectivity index (χ1) is 13.8. The van der Waals surface area contributed by atoms with Crippen LogP contribution in [0.1, 0.15) is 29.8 Å². The van der Waals surface area contributed by atoms with Crippen LogP contribution in [0.3, 0.4) is 0 Å². The summed E-state index contributed by atoms with van der Waals surface area (Å²) in [6.07, 6.45) is -0.207. The van der Waals surface area contributed by atoms with Gasteiger partial charge in [-0.1, -0.05) is 23.8 Å². The van der Waals surface area contributed by atoms with Crippen LogP contribution in [0.4, 0.5) is 0 Å². The van der Waals surface area contributed by atoms with Crippen molar-refractivity contribution < 1.29 is 22.9 Å². The van der Waals surface area contributed by atoms with Crippen LogP contribution in [-0.2, 0) is 19.6 Å². The highest BCUT2D eigenvalue weighted by Crippen LogP contribution is 2.43. The molecule has 2 aromatic rings. The number of rotatable bonds is 7. The first-order valence-electron chi connectivity index (χ1n) is 9.16. The molecule has 1 aromatic heterocycles. The van der Waals surface area contributed by atoms with Gasteiger partial charge in [0.1, 0.15) is 6.04 Å². The number of nitrogens with zero attached hydrogens (tertiary/aromatic N) is 2. The Hall–Kier alpha value is -2.30. The fraction of sp³-hybridized carbons (Fsp3) is 0.421. The molecule has 0 bridgehead atoms. The number of ether oxygens (including phenoxy) is 1. The fourth-order valence-electron chi connectivity index (χ4n) is 3.65. The maximum absolute atomic E-state index is 13.4. The maximum Gasteiger partial charge on any atom is 0.306 e. The predicted octanol–water partition coefficient (Wildman–Crippen LogP) is 3.02. The molecule has 0 saturated carbocycles. The highest BCUT2D eigenvalue weighted by Gasteiger charge is 2.55. The molecule has 0 radical (unpaired) electrons. The van der Waals surface area contributed by atoms with Crippen LogP contribution in [-0.4, -0.2) is 42.8 Å². The number of aryl methyl sites for hydroxylation is 1. The van der Waals surface area contributed by atoms with Crippen molar-refractivity contribution in [3.05, 3.63) is 62.3 Å². The summed E-state index contributed by atoms with van der Waals surface area (Å²) >= 11 is 1.26. The molecule has 0 spiro atoms. The quantitative estimate of drug-likeness (QED) is 0.374. The Morgan fingerprint density at radius 2 is 2.00 bits per heavy atom.